The summed E-state index contributed by atoms with van der Waals surface area (Å²) in [5, 5.41) is 12.4. The number of piperazine rings is 1. The van der Waals surface area contributed by atoms with E-state index in [0.29, 0.717) is 17.7 Å². The van der Waals surface area contributed by atoms with Gasteiger partial charge in [0.15, 0.2) is 6.29 Å². The van der Waals surface area contributed by atoms with Crippen molar-refractivity contribution in [1.82, 2.24) is 20.0 Å². The van der Waals surface area contributed by atoms with Crippen LogP contribution in [0.25, 0.3) is 11.1 Å². The number of rotatable bonds is 11. The van der Waals surface area contributed by atoms with Crippen molar-refractivity contribution in [3.05, 3.63) is 131 Å². The molecule has 4 atom stereocenters. The van der Waals surface area contributed by atoms with Crippen LogP contribution in [0.15, 0.2) is 103 Å². The smallest absolute Gasteiger partial charge is 0.392 e. The Morgan fingerprint density at radius 2 is 1.44 bits per heavy atom. The van der Waals surface area contributed by atoms with Crippen molar-refractivity contribution < 1.29 is 37.3 Å². The molecule has 4 aromatic carbocycles. The predicted octanol–water partition coefficient (Wildman–Crippen LogP) is 6.38. The maximum Gasteiger partial charge on any atom is 0.471 e. The molecule has 0 unspecified atom stereocenters. The fourth-order valence-electron chi connectivity index (χ4n) is 7.81. The zero-order valence-electron chi connectivity index (χ0n) is 30.7. The van der Waals surface area contributed by atoms with Gasteiger partial charge in [-0.2, -0.15) is 13.2 Å². The van der Waals surface area contributed by atoms with Crippen LogP contribution in [-0.4, -0.2) is 89.2 Å². The van der Waals surface area contributed by atoms with E-state index in [1.165, 1.54) is 5.56 Å². The van der Waals surface area contributed by atoms with Gasteiger partial charge in [0.25, 0.3) is 0 Å². The first-order valence-electron chi connectivity index (χ1n) is 19.0. The number of hydrogen-bond donors (Lipinski definition) is 2. The molecule has 3 fully saturated rings. The number of ether oxygens (including phenoxy) is 2. The SMILES string of the molecule is O=C(NCc1ccccc1-c1ccc([C@H]2O[C@@H](CN3CCN(Cc4ccccc4)CC3)C[C@@H](c3ccc(CO)cc3)O2)cc1)[C@@H]1CCCN1C(=O)C(F)(F)F. The molecule has 3 aliphatic rings. The topological polar surface area (TPSA) is 94.6 Å². The van der Waals surface area contributed by atoms with Crippen LogP contribution in [0.4, 0.5) is 13.2 Å². The Morgan fingerprint density at radius 1 is 0.764 bits per heavy atom. The lowest BCUT2D eigenvalue weighted by atomic mass is 9.97. The van der Waals surface area contributed by atoms with Crippen molar-refractivity contribution in [3.63, 3.8) is 0 Å². The first kappa shape index (κ1) is 38.7. The summed E-state index contributed by atoms with van der Waals surface area (Å²) >= 11 is 0. The first-order valence-corrected chi connectivity index (χ1v) is 19.0. The second-order valence-corrected chi connectivity index (χ2v) is 14.6. The van der Waals surface area contributed by atoms with Gasteiger partial charge in [-0.15, -0.1) is 0 Å². The van der Waals surface area contributed by atoms with E-state index in [1.54, 1.807) is 0 Å². The Balaban J connectivity index is 1.02. The van der Waals surface area contributed by atoms with Crippen molar-refractivity contribution >= 4 is 11.8 Å². The zero-order valence-corrected chi connectivity index (χ0v) is 30.7. The number of aliphatic hydroxyl groups is 1. The van der Waals surface area contributed by atoms with Crippen molar-refractivity contribution in [2.75, 3.05) is 39.3 Å². The Hall–Kier alpha value is -4.59. The van der Waals surface area contributed by atoms with Gasteiger partial charge in [-0.05, 0) is 46.2 Å². The highest BCUT2D eigenvalue weighted by atomic mass is 19.4. The number of alkyl halides is 3. The summed E-state index contributed by atoms with van der Waals surface area (Å²) in [6.07, 6.45) is -4.71. The van der Waals surface area contributed by atoms with Gasteiger partial charge in [-0.25, -0.2) is 0 Å². The molecular weight excluding hydrogens is 709 g/mol. The van der Waals surface area contributed by atoms with Crippen LogP contribution in [0.3, 0.4) is 0 Å². The van der Waals surface area contributed by atoms with Crippen molar-refractivity contribution in [2.45, 2.75) is 69.7 Å². The molecule has 0 aliphatic carbocycles. The largest absolute Gasteiger partial charge is 0.471 e. The minimum absolute atomic E-state index is 0.0274. The minimum atomic E-state index is -5.03. The summed E-state index contributed by atoms with van der Waals surface area (Å²) in [6, 6.07) is 32.7. The second kappa shape index (κ2) is 17.5. The maximum absolute atomic E-state index is 13.1. The lowest BCUT2D eigenvalue weighted by Crippen LogP contribution is -2.50. The molecule has 7 rings (SSSR count). The summed E-state index contributed by atoms with van der Waals surface area (Å²) in [7, 11) is 0. The van der Waals surface area contributed by atoms with Crippen molar-refractivity contribution in [2.24, 2.45) is 0 Å². The quantitative estimate of drug-likeness (QED) is 0.184. The van der Waals surface area contributed by atoms with Gasteiger partial charge in [-0.3, -0.25) is 19.4 Å². The summed E-state index contributed by atoms with van der Waals surface area (Å²) in [5.74, 6) is -2.58. The molecular formula is C43H47F3N4O5. The summed E-state index contributed by atoms with van der Waals surface area (Å²) in [5.41, 5.74) is 6.58. The fourth-order valence-corrected chi connectivity index (χ4v) is 7.81. The summed E-state index contributed by atoms with van der Waals surface area (Å²) in [6.45, 7) is 5.56. The number of nitrogens with one attached hydrogen (secondary N) is 1. The summed E-state index contributed by atoms with van der Waals surface area (Å²) in [4.78, 5) is 30.5. The molecule has 0 saturated carbocycles. The third-order valence-corrected chi connectivity index (χ3v) is 10.8. The highest BCUT2D eigenvalue weighted by Crippen LogP contribution is 2.39. The van der Waals surface area contributed by atoms with E-state index in [9.17, 15) is 27.9 Å². The molecule has 55 heavy (non-hydrogen) atoms. The Morgan fingerprint density at radius 3 is 2.15 bits per heavy atom. The number of carbonyl (C=O) groups is 2. The average molecular weight is 757 g/mol. The highest BCUT2D eigenvalue weighted by Gasteiger charge is 2.47. The number of nitrogens with zero attached hydrogens (tertiary/aromatic N) is 3. The van der Waals surface area contributed by atoms with Crippen LogP contribution in [-0.2, 0) is 38.8 Å². The van der Waals surface area contributed by atoms with E-state index in [1.807, 2.05) is 78.9 Å². The monoisotopic (exact) mass is 756 g/mol. The highest BCUT2D eigenvalue weighted by molar-refractivity contribution is 5.90. The van der Waals surface area contributed by atoms with E-state index >= 15 is 0 Å². The lowest BCUT2D eigenvalue weighted by molar-refractivity contribution is -0.253. The second-order valence-electron chi connectivity index (χ2n) is 14.6. The molecule has 0 aromatic heterocycles. The van der Waals surface area contributed by atoms with Crippen LogP contribution in [0, 0.1) is 0 Å². The Bertz CT molecular complexity index is 1890. The van der Waals surface area contributed by atoms with Crippen LogP contribution < -0.4 is 5.32 Å². The standard InChI is InChI=1S/C43H47F3N4O5/c44-43(45,46)42(53)50-20-6-11-38(50)40(52)47-26-35-9-4-5-10-37(35)32-16-18-34(19-17-32)41-54-36(25-39(55-41)33-14-12-31(29-51)13-15-33)28-49-23-21-48(22-24-49)27-30-7-2-1-3-8-30/h1-5,7-10,12-19,36,38-39,41,51H,6,11,20-29H2,(H,47,52)/t36-,38+,39+,41+/m1/s1. The van der Waals surface area contributed by atoms with E-state index in [4.69, 9.17) is 9.47 Å². The van der Waals surface area contributed by atoms with E-state index < -0.39 is 30.3 Å². The molecule has 4 aromatic rings. The molecule has 12 heteroatoms. The molecule has 3 aliphatic heterocycles. The number of benzene rings is 4. The van der Waals surface area contributed by atoms with Crippen LogP contribution in [0.5, 0.6) is 0 Å². The predicted molar refractivity (Wildman–Crippen MR) is 201 cm³/mol. The van der Waals surface area contributed by atoms with Crippen LogP contribution >= 0.6 is 0 Å². The third-order valence-electron chi connectivity index (χ3n) is 10.8. The van der Waals surface area contributed by atoms with Crippen LogP contribution in [0.1, 0.15) is 59.5 Å². The van der Waals surface area contributed by atoms with Crippen molar-refractivity contribution in [1.29, 1.82) is 0 Å². The average Bonchev–Trinajstić information content (AvgIpc) is 3.71. The maximum atomic E-state index is 13.1. The number of halogens is 3. The van der Waals surface area contributed by atoms with E-state index in [2.05, 4.69) is 39.4 Å². The van der Waals surface area contributed by atoms with Crippen molar-refractivity contribution in [3.8, 4) is 11.1 Å². The van der Waals surface area contributed by atoms with Crippen LogP contribution in [0.2, 0.25) is 0 Å². The van der Waals surface area contributed by atoms with Gasteiger partial charge in [0.1, 0.15) is 6.04 Å². The molecule has 290 valence electrons. The molecule has 0 bridgehead atoms. The molecule has 2 amide bonds. The van der Waals surface area contributed by atoms with Gasteiger partial charge in [0, 0.05) is 64.3 Å². The minimum Gasteiger partial charge on any atom is -0.392 e. The molecule has 9 nitrogen and oxygen atoms in total. The number of aliphatic hydroxyl groups excluding tert-OH is 1. The molecule has 3 saturated heterocycles. The normalized spacial score (nSPS) is 22.4. The Kier molecular flexibility index (Phi) is 12.3. The Labute approximate surface area is 319 Å². The zero-order chi connectivity index (χ0) is 38.4. The van der Waals surface area contributed by atoms with Gasteiger partial charge in [0.05, 0.1) is 18.8 Å². The van der Waals surface area contributed by atoms with Gasteiger partial charge >= 0.3 is 12.1 Å². The number of hydrogen-bond acceptors (Lipinski definition) is 7. The van der Waals surface area contributed by atoms with Gasteiger partial charge in [0.2, 0.25) is 5.91 Å². The third kappa shape index (κ3) is 9.63. The van der Waals surface area contributed by atoms with Gasteiger partial charge in [-0.1, -0.05) is 103 Å². The van der Waals surface area contributed by atoms with E-state index in [0.717, 1.165) is 72.6 Å². The number of likely N-dealkylation sites (tertiary alicyclic amines) is 1. The molecule has 0 radical (unpaired) electrons. The summed E-state index contributed by atoms with van der Waals surface area (Å²) < 4.78 is 52.7. The molecule has 3 heterocycles. The number of amides is 2. The van der Waals surface area contributed by atoms with Gasteiger partial charge < -0.3 is 24.8 Å². The van der Waals surface area contributed by atoms with E-state index in [-0.39, 0.29) is 38.3 Å². The molecule has 0 spiro atoms. The fraction of sp³-hybridized carbons (Fsp3) is 0.395. The number of carbonyl (C=O) groups excluding carboxylic acids is 2. The lowest BCUT2D eigenvalue weighted by Gasteiger charge is -2.40. The first-order chi connectivity index (χ1) is 26.6. The molecule has 2 N–H and O–H groups in total.